The molecule has 1 amide bonds. The van der Waals surface area contributed by atoms with Crippen molar-refractivity contribution in [3.05, 3.63) is 29.8 Å². The molecule has 1 aromatic carbocycles. The van der Waals surface area contributed by atoms with Gasteiger partial charge in [0.1, 0.15) is 12.7 Å². The Labute approximate surface area is 155 Å². The number of sulfone groups is 1. The lowest BCUT2D eigenvalue weighted by atomic mass is 10.0. The van der Waals surface area contributed by atoms with E-state index in [9.17, 15) is 23.1 Å². The Kier molecular flexibility index (Phi) is 8.10. The molecule has 0 heterocycles. The Morgan fingerprint density at radius 2 is 1.84 bits per heavy atom. The second-order valence-electron chi connectivity index (χ2n) is 5.09. The molecule has 0 aromatic heterocycles. The topological polar surface area (TPSA) is 136 Å². The molecule has 0 aliphatic carbocycles. The van der Waals surface area contributed by atoms with Gasteiger partial charge >= 0.3 is 5.97 Å². The van der Waals surface area contributed by atoms with E-state index in [0.717, 1.165) is 6.26 Å². The molecule has 2 atom stereocenters. The summed E-state index contributed by atoms with van der Waals surface area (Å²) < 4.78 is 27.8. The van der Waals surface area contributed by atoms with E-state index >= 15 is 0 Å². The molecule has 1 rings (SSSR count). The van der Waals surface area contributed by atoms with Crippen molar-refractivity contribution >= 4 is 44.9 Å². The van der Waals surface area contributed by atoms with Gasteiger partial charge in [0.25, 0.3) is 5.91 Å². The molecule has 4 N–H and O–H groups in total. The zero-order valence-electron chi connectivity index (χ0n) is 13.2. The molecule has 0 bridgehead atoms. The van der Waals surface area contributed by atoms with Crippen molar-refractivity contribution in [1.82, 2.24) is 5.32 Å². The van der Waals surface area contributed by atoms with E-state index in [2.05, 4.69) is 5.32 Å². The summed E-state index contributed by atoms with van der Waals surface area (Å²) in [5, 5.41) is 12.8. The van der Waals surface area contributed by atoms with Crippen molar-refractivity contribution in [1.29, 1.82) is 0 Å². The van der Waals surface area contributed by atoms with Gasteiger partial charge in [-0.1, -0.05) is 35.3 Å². The summed E-state index contributed by atoms with van der Waals surface area (Å²) in [5.74, 6) is -1.52. The first-order valence-corrected chi connectivity index (χ1v) is 9.75. The standard InChI is InChI=1S/C14H18Cl2N2O6S/c1-25(22,23)9-4-2-8(3-5-9)12(20)10(7-24-11(19)6-17)18-14(21)13(15)16/h2-5,10,12-13,20H,6-7,17H2,1H3,(H,18,21)/t10-,12+/m1/s1. The van der Waals surface area contributed by atoms with Crippen LogP contribution in [0.1, 0.15) is 11.7 Å². The first kappa shape index (κ1) is 21.7. The average molecular weight is 413 g/mol. The fourth-order valence-corrected chi connectivity index (χ4v) is 2.60. The summed E-state index contributed by atoms with van der Waals surface area (Å²) in [6.07, 6.45) is -0.260. The van der Waals surface area contributed by atoms with Gasteiger partial charge in [0.05, 0.1) is 17.5 Å². The minimum atomic E-state index is -3.39. The second kappa shape index (κ2) is 9.35. The summed E-state index contributed by atoms with van der Waals surface area (Å²) in [7, 11) is -3.39. The number of benzene rings is 1. The molecule has 0 aliphatic rings. The molecule has 0 saturated carbocycles. The number of aliphatic hydroxyl groups excluding tert-OH is 1. The van der Waals surface area contributed by atoms with Crippen molar-refractivity contribution in [3.8, 4) is 0 Å². The second-order valence-corrected chi connectivity index (χ2v) is 8.20. The van der Waals surface area contributed by atoms with Crippen LogP contribution in [0.25, 0.3) is 0 Å². The molecule has 140 valence electrons. The lowest BCUT2D eigenvalue weighted by Crippen LogP contribution is -2.45. The van der Waals surface area contributed by atoms with Crippen LogP contribution in [0.4, 0.5) is 0 Å². The number of amides is 1. The monoisotopic (exact) mass is 412 g/mol. The molecular weight excluding hydrogens is 395 g/mol. The number of aliphatic hydroxyl groups is 1. The third-order valence-electron chi connectivity index (χ3n) is 3.15. The molecule has 0 fully saturated rings. The number of carbonyl (C=O) groups is 2. The average Bonchev–Trinajstić information content (AvgIpc) is 2.56. The van der Waals surface area contributed by atoms with Crippen LogP contribution in [0.15, 0.2) is 29.2 Å². The van der Waals surface area contributed by atoms with Gasteiger partial charge < -0.3 is 20.9 Å². The zero-order valence-corrected chi connectivity index (χ0v) is 15.5. The number of hydrogen-bond acceptors (Lipinski definition) is 7. The molecule has 0 saturated heterocycles. The summed E-state index contributed by atoms with van der Waals surface area (Å²) in [5.41, 5.74) is 5.42. The van der Waals surface area contributed by atoms with Crippen LogP contribution in [0, 0.1) is 0 Å². The molecule has 0 unspecified atom stereocenters. The predicted molar refractivity (Wildman–Crippen MR) is 91.9 cm³/mol. The highest BCUT2D eigenvalue weighted by molar-refractivity contribution is 7.90. The maximum Gasteiger partial charge on any atom is 0.319 e. The SMILES string of the molecule is CS(=O)(=O)c1ccc([C@H](O)[C@@H](COC(=O)CN)NC(=O)C(Cl)Cl)cc1. The highest BCUT2D eigenvalue weighted by atomic mass is 35.5. The lowest BCUT2D eigenvalue weighted by molar-refractivity contribution is -0.144. The van der Waals surface area contributed by atoms with Gasteiger partial charge in [-0.2, -0.15) is 0 Å². The molecular formula is C14H18Cl2N2O6S. The molecule has 1 aromatic rings. The predicted octanol–water partition coefficient (Wildman–Crippen LogP) is -0.0861. The van der Waals surface area contributed by atoms with Crippen molar-refractivity contribution in [3.63, 3.8) is 0 Å². The number of nitrogens with two attached hydrogens (primary N) is 1. The number of esters is 1. The minimum Gasteiger partial charge on any atom is -0.462 e. The van der Waals surface area contributed by atoms with E-state index < -0.39 is 38.7 Å². The Bertz CT molecular complexity index is 709. The van der Waals surface area contributed by atoms with Crippen molar-refractivity contribution in [2.45, 2.75) is 21.9 Å². The zero-order chi connectivity index (χ0) is 19.2. The van der Waals surface area contributed by atoms with Crippen LogP contribution >= 0.6 is 23.2 Å². The van der Waals surface area contributed by atoms with Crippen molar-refractivity contribution in [2.24, 2.45) is 5.73 Å². The number of nitrogens with one attached hydrogen (secondary N) is 1. The Balaban J connectivity index is 2.98. The highest BCUT2D eigenvalue weighted by Crippen LogP contribution is 2.20. The van der Waals surface area contributed by atoms with Gasteiger partial charge in [0.2, 0.25) is 0 Å². The van der Waals surface area contributed by atoms with Gasteiger partial charge in [-0.3, -0.25) is 9.59 Å². The summed E-state index contributed by atoms with van der Waals surface area (Å²) in [4.78, 5) is 21.5. The molecule has 11 heteroatoms. The Morgan fingerprint density at radius 1 is 1.28 bits per heavy atom. The van der Waals surface area contributed by atoms with Crippen molar-refractivity contribution < 1.29 is 27.9 Å². The van der Waals surface area contributed by atoms with E-state index in [1.807, 2.05) is 0 Å². The Morgan fingerprint density at radius 3 is 2.28 bits per heavy atom. The number of rotatable bonds is 8. The summed E-state index contributed by atoms with van der Waals surface area (Å²) in [6.45, 7) is -0.745. The highest BCUT2D eigenvalue weighted by Gasteiger charge is 2.26. The van der Waals surface area contributed by atoms with E-state index in [0.29, 0.717) is 5.56 Å². The number of halogens is 2. The fraction of sp³-hybridized carbons (Fsp3) is 0.429. The maximum absolute atomic E-state index is 11.7. The van der Waals surface area contributed by atoms with E-state index in [4.69, 9.17) is 33.7 Å². The van der Waals surface area contributed by atoms with E-state index in [1.165, 1.54) is 24.3 Å². The van der Waals surface area contributed by atoms with Gasteiger partial charge in [-0.05, 0) is 17.7 Å². The van der Waals surface area contributed by atoms with E-state index in [1.54, 1.807) is 0 Å². The van der Waals surface area contributed by atoms with E-state index in [-0.39, 0.29) is 18.0 Å². The van der Waals surface area contributed by atoms with Crippen LogP contribution < -0.4 is 11.1 Å². The largest absolute Gasteiger partial charge is 0.462 e. The third kappa shape index (κ3) is 6.79. The van der Waals surface area contributed by atoms with Crippen LogP contribution in [0.5, 0.6) is 0 Å². The molecule has 25 heavy (non-hydrogen) atoms. The molecule has 0 radical (unpaired) electrons. The first-order valence-electron chi connectivity index (χ1n) is 6.98. The lowest BCUT2D eigenvalue weighted by Gasteiger charge is -2.24. The molecule has 0 aliphatic heterocycles. The Hall–Kier alpha value is -1.39. The van der Waals surface area contributed by atoms with Gasteiger partial charge in [-0.15, -0.1) is 0 Å². The first-order chi connectivity index (χ1) is 11.6. The third-order valence-corrected chi connectivity index (χ3v) is 4.67. The fourth-order valence-electron chi connectivity index (χ4n) is 1.84. The van der Waals surface area contributed by atoms with Crippen LogP contribution in [0.3, 0.4) is 0 Å². The van der Waals surface area contributed by atoms with Gasteiger partial charge in [0, 0.05) is 6.26 Å². The van der Waals surface area contributed by atoms with Crippen LogP contribution in [-0.4, -0.2) is 55.7 Å². The summed E-state index contributed by atoms with van der Waals surface area (Å²) in [6, 6.07) is 4.31. The quantitative estimate of drug-likeness (QED) is 0.400. The molecule has 0 spiro atoms. The normalized spacial score (nSPS) is 14.0. The number of alkyl halides is 2. The van der Waals surface area contributed by atoms with Crippen LogP contribution in [-0.2, 0) is 24.2 Å². The molecule has 8 nitrogen and oxygen atoms in total. The maximum atomic E-state index is 11.7. The van der Waals surface area contributed by atoms with Gasteiger partial charge in [-0.25, -0.2) is 8.42 Å². The van der Waals surface area contributed by atoms with Crippen LogP contribution in [0.2, 0.25) is 0 Å². The van der Waals surface area contributed by atoms with Gasteiger partial charge in [0.15, 0.2) is 14.7 Å². The smallest absolute Gasteiger partial charge is 0.319 e. The number of hydrogen-bond donors (Lipinski definition) is 3. The number of ether oxygens (including phenoxy) is 1. The summed E-state index contributed by atoms with van der Waals surface area (Å²) >= 11 is 10.9. The van der Waals surface area contributed by atoms with Crippen molar-refractivity contribution in [2.75, 3.05) is 19.4 Å². The number of carbonyl (C=O) groups excluding carboxylic acids is 2. The minimum absolute atomic E-state index is 0.0696.